The lowest BCUT2D eigenvalue weighted by Crippen LogP contribution is -2.27. The maximum absolute atomic E-state index is 13.3. The molecule has 3 aromatic carbocycles. The normalized spacial score (nSPS) is 11.8. The zero-order chi connectivity index (χ0) is 30.4. The van der Waals surface area contributed by atoms with Gasteiger partial charge in [0.05, 0.1) is 29.1 Å². The van der Waals surface area contributed by atoms with Gasteiger partial charge in [-0.2, -0.15) is 14.9 Å². The Balaban J connectivity index is 1.08. The van der Waals surface area contributed by atoms with Crippen LogP contribution in [0.1, 0.15) is 36.8 Å². The summed E-state index contributed by atoms with van der Waals surface area (Å²) in [6.45, 7) is 5.42. The van der Waals surface area contributed by atoms with Gasteiger partial charge in [0.1, 0.15) is 11.4 Å². The van der Waals surface area contributed by atoms with Crippen LogP contribution in [0.4, 0.5) is 16.3 Å². The van der Waals surface area contributed by atoms with E-state index >= 15 is 0 Å². The molecule has 0 saturated carbocycles. The highest BCUT2D eigenvalue weighted by Gasteiger charge is 2.20. The molecular formula is C33H28N8O3. The summed E-state index contributed by atoms with van der Waals surface area (Å²) in [6.07, 6.45) is 4.73. The van der Waals surface area contributed by atoms with Crippen LogP contribution in [0, 0.1) is 0 Å². The molecule has 44 heavy (non-hydrogen) atoms. The zero-order valence-corrected chi connectivity index (χ0v) is 24.3. The second-order valence-electron chi connectivity index (χ2n) is 11.6. The van der Waals surface area contributed by atoms with Crippen molar-refractivity contribution in [3.8, 4) is 11.4 Å². The van der Waals surface area contributed by atoms with Gasteiger partial charge in [0.2, 0.25) is 0 Å². The monoisotopic (exact) mass is 584 g/mol. The first-order valence-corrected chi connectivity index (χ1v) is 14.1. The second-order valence-corrected chi connectivity index (χ2v) is 11.6. The van der Waals surface area contributed by atoms with Crippen LogP contribution in [0.25, 0.3) is 44.1 Å². The fourth-order valence-corrected chi connectivity index (χ4v) is 5.08. The molecule has 11 heteroatoms. The second kappa shape index (κ2) is 10.5. The number of ether oxygens (including phenoxy) is 1. The summed E-state index contributed by atoms with van der Waals surface area (Å²) < 4.78 is 6.67. The molecule has 0 bridgehead atoms. The van der Waals surface area contributed by atoms with Crippen molar-refractivity contribution in [1.82, 2.24) is 34.9 Å². The lowest BCUT2D eigenvalue weighted by Gasteiger charge is -2.19. The molecule has 4 heterocycles. The first kappa shape index (κ1) is 27.0. The van der Waals surface area contributed by atoms with Gasteiger partial charge < -0.3 is 15.0 Å². The lowest BCUT2D eigenvalue weighted by atomic mass is 10.1. The fourth-order valence-electron chi connectivity index (χ4n) is 5.08. The Hall–Kier alpha value is -5.84. The molecule has 11 nitrogen and oxygen atoms in total. The average molecular weight is 585 g/mol. The number of fused-ring (bicyclic) bond motifs is 3. The highest BCUT2D eigenvalue weighted by Crippen LogP contribution is 2.26. The van der Waals surface area contributed by atoms with E-state index in [0.29, 0.717) is 22.9 Å². The summed E-state index contributed by atoms with van der Waals surface area (Å²) >= 11 is 0. The number of hydrogen-bond donors (Lipinski definition) is 3. The molecule has 0 radical (unpaired) electrons. The summed E-state index contributed by atoms with van der Waals surface area (Å²) in [5, 5.41) is 17.2. The van der Waals surface area contributed by atoms with E-state index < -0.39 is 11.7 Å². The van der Waals surface area contributed by atoms with Crippen molar-refractivity contribution in [2.45, 2.75) is 32.8 Å². The Morgan fingerprint density at radius 1 is 0.909 bits per heavy atom. The van der Waals surface area contributed by atoms with Gasteiger partial charge >= 0.3 is 6.09 Å². The maximum Gasteiger partial charge on any atom is 0.435 e. The number of H-pyrrole nitrogens is 2. The molecule has 0 aliphatic rings. The number of nitrogens with one attached hydrogen (secondary N) is 3. The Morgan fingerprint density at radius 3 is 2.66 bits per heavy atom. The van der Waals surface area contributed by atoms with Crippen LogP contribution in [-0.4, -0.2) is 52.4 Å². The predicted molar refractivity (Wildman–Crippen MR) is 168 cm³/mol. The van der Waals surface area contributed by atoms with E-state index in [4.69, 9.17) is 9.72 Å². The van der Waals surface area contributed by atoms with Crippen molar-refractivity contribution >= 4 is 56.1 Å². The molecule has 4 aromatic heterocycles. The number of aromatic nitrogens is 7. The van der Waals surface area contributed by atoms with E-state index in [9.17, 15) is 9.59 Å². The molecule has 0 aliphatic heterocycles. The predicted octanol–water partition coefficient (Wildman–Crippen LogP) is 6.80. The number of carbonyl (C=O) groups excluding carboxylic acids is 2. The number of hydrogen-bond acceptors (Lipinski definition) is 8. The maximum atomic E-state index is 13.3. The van der Waals surface area contributed by atoms with Gasteiger partial charge in [-0.05, 0) is 74.9 Å². The largest absolute Gasteiger partial charge is 0.442 e. The van der Waals surface area contributed by atoms with E-state index in [1.807, 2.05) is 60.7 Å². The Labute approximate surface area is 251 Å². The molecule has 0 aliphatic carbocycles. The molecule has 3 N–H and O–H groups in total. The number of carbonyl (C=O) groups is 2. The van der Waals surface area contributed by atoms with E-state index in [0.717, 1.165) is 44.0 Å². The SMILES string of the molecule is CC(C)(C)OC(=O)n1ncc2cc(CC(=O)c3cc4ccc(-c5nccc(Nc6ccc7[nH]ncc7c6)n5)cc4[nH]3)ccc21. The van der Waals surface area contributed by atoms with Gasteiger partial charge in [0.25, 0.3) is 0 Å². The zero-order valence-electron chi connectivity index (χ0n) is 24.3. The third kappa shape index (κ3) is 5.38. The molecule has 0 unspecified atom stereocenters. The van der Waals surface area contributed by atoms with Crippen LogP contribution >= 0.6 is 0 Å². The third-order valence-electron chi connectivity index (χ3n) is 7.11. The quantitative estimate of drug-likeness (QED) is 0.181. The minimum Gasteiger partial charge on any atom is -0.442 e. The Bertz CT molecular complexity index is 2200. The Morgan fingerprint density at radius 2 is 1.80 bits per heavy atom. The molecular weight excluding hydrogens is 556 g/mol. The minimum atomic E-state index is -0.632. The van der Waals surface area contributed by atoms with Crippen LogP contribution in [-0.2, 0) is 11.2 Å². The smallest absolute Gasteiger partial charge is 0.435 e. The number of rotatable bonds is 6. The van der Waals surface area contributed by atoms with Crippen molar-refractivity contribution in [3.63, 3.8) is 0 Å². The molecule has 0 fully saturated rings. The van der Waals surface area contributed by atoms with Crippen LogP contribution in [0.2, 0.25) is 0 Å². The third-order valence-corrected chi connectivity index (χ3v) is 7.11. The summed E-state index contributed by atoms with van der Waals surface area (Å²) in [7, 11) is 0. The molecule has 0 amide bonds. The van der Waals surface area contributed by atoms with Crippen LogP contribution in [0.15, 0.2) is 85.3 Å². The lowest BCUT2D eigenvalue weighted by molar-refractivity contribution is 0.0522. The van der Waals surface area contributed by atoms with Gasteiger partial charge in [0, 0.05) is 45.5 Å². The van der Waals surface area contributed by atoms with Crippen LogP contribution in [0.5, 0.6) is 0 Å². The number of anilines is 2. The number of ketones is 1. The average Bonchev–Trinajstić information content (AvgIpc) is 3.73. The number of Topliss-reactive ketones (excluding diaryl/α,β-unsaturated/α-hetero) is 1. The highest BCUT2D eigenvalue weighted by molar-refractivity contribution is 6.01. The molecule has 0 spiro atoms. The van der Waals surface area contributed by atoms with Gasteiger partial charge in [-0.25, -0.2) is 14.8 Å². The molecule has 0 atom stereocenters. The number of nitrogens with zero attached hydrogens (tertiary/aromatic N) is 5. The summed E-state index contributed by atoms with van der Waals surface area (Å²) in [5.41, 5.74) is 4.80. The first-order valence-electron chi connectivity index (χ1n) is 14.1. The summed E-state index contributed by atoms with van der Waals surface area (Å²) in [4.78, 5) is 38.2. The van der Waals surface area contributed by atoms with E-state index in [-0.39, 0.29) is 12.2 Å². The van der Waals surface area contributed by atoms with Crippen molar-refractivity contribution in [2.75, 3.05) is 5.32 Å². The summed E-state index contributed by atoms with van der Waals surface area (Å²) in [6, 6.07) is 20.9. The number of benzene rings is 3. The number of aromatic amines is 2. The molecule has 7 aromatic rings. The standard InChI is InChI=1S/C33H28N8O3/c1-33(2,3)44-32(43)41-28-9-4-19(12-23(28)18-36-41)13-29(42)27-15-20-5-6-21(16-26(20)38-27)31-34-11-10-30(39-31)37-24-7-8-25-22(14-24)17-35-40-25/h4-12,14-18,38H,13H2,1-3H3,(H,35,40)(H,34,37,39). The van der Waals surface area contributed by atoms with Gasteiger partial charge in [-0.1, -0.05) is 18.2 Å². The topological polar surface area (TPSA) is 143 Å². The molecule has 218 valence electrons. The molecule has 0 saturated heterocycles. The highest BCUT2D eigenvalue weighted by atomic mass is 16.6. The van der Waals surface area contributed by atoms with E-state index in [1.165, 1.54) is 4.68 Å². The van der Waals surface area contributed by atoms with Crippen molar-refractivity contribution < 1.29 is 14.3 Å². The first-order chi connectivity index (χ1) is 21.2. The van der Waals surface area contributed by atoms with E-state index in [2.05, 4.69) is 30.6 Å². The van der Waals surface area contributed by atoms with Crippen molar-refractivity contribution in [2.24, 2.45) is 0 Å². The minimum absolute atomic E-state index is 0.0568. The Kier molecular flexibility index (Phi) is 6.42. The summed E-state index contributed by atoms with van der Waals surface area (Å²) in [5.74, 6) is 1.16. The van der Waals surface area contributed by atoms with Gasteiger partial charge in [0.15, 0.2) is 11.6 Å². The molecule has 7 rings (SSSR count). The van der Waals surface area contributed by atoms with Crippen molar-refractivity contribution in [3.05, 3.63) is 96.6 Å². The van der Waals surface area contributed by atoms with Gasteiger partial charge in [-0.15, -0.1) is 0 Å². The fraction of sp³-hybridized carbons (Fsp3) is 0.152. The van der Waals surface area contributed by atoms with E-state index in [1.54, 1.807) is 45.4 Å². The van der Waals surface area contributed by atoms with Crippen LogP contribution < -0.4 is 5.32 Å². The van der Waals surface area contributed by atoms with Crippen molar-refractivity contribution in [1.29, 1.82) is 0 Å². The van der Waals surface area contributed by atoms with Crippen LogP contribution in [0.3, 0.4) is 0 Å². The van der Waals surface area contributed by atoms with Gasteiger partial charge in [-0.3, -0.25) is 9.89 Å².